The number of fused-ring (bicyclic) bond motifs is 1. The van der Waals surface area contributed by atoms with E-state index in [-0.39, 0.29) is 10.9 Å². The minimum atomic E-state index is -0.533. The van der Waals surface area contributed by atoms with Gasteiger partial charge in [-0.3, -0.25) is 25.9 Å². The first-order valence-corrected chi connectivity index (χ1v) is 9.19. The van der Waals surface area contributed by atoms with Crippen LogP contribution in [-0.4, -0.2) is 22.6 Å². The van der Waals surface area contributed by atoms with Crippen LogP contribution < -0.4 is 22.0 Å². The van der Waals surface area contributed by atoms with Gasteiger partial charge in [-0.15, -0.1) is 0 Å². The molecule has 0 radical (unpaired) electrons. The SMILES string of the molecule is Cc1ccc(C(=O)NNC(=O)c2oc3c(c2C)/C(=N/NC(N)=S)CCC3)cc1. The summed E-state index contributed by atoms with van der Waals surface area (Å²) in [7, 11) is 0. The molecule has 0 atom stereocenters. The summed E-state index contributed by atoms with van der Waals surface area (Å²) in [5.41, 5.74) is 16.5. The smallest absolute Gasteiger partial charge is 0.305 e. The highest BCUT2D eigenvalue weighted by molar-refractivity contribution is 7.80. The molecular weight excluding hydrogens is 378 g/mol. The first-order chi connectivity index (χ1) is 13.4. The molecule has 146 valence electrons. The number of hydrogen-bond acceptors (Lipinski definition) is 5. The van der Waals surface area contributed by atoms with E-state index in [1.807, 2.05) is 19.1 Å². The molecule has 1 aliphatic rings. The van der Waals surface area contributed by atoms with Crippen LogP contribution in [0, 0.1) is 13.8 Å². The maximum Gasteiger partial charge on any atom is 0.305 e. The number of carbonyl (C=O) groups is 2. The van der Waals surface area contributed by atoms with Gasteiger partial charge < -0.3 is 10.2 Å². The maximum atomic E-state index is 12.5. The summed E-state index contributed by atoms with van der Waals surface area (Å²) in [6.45, 7) is 3.71. The molecule has 0 spiro atoms. The van der Waals surface area contributed by atoms with E-state index >= 15 is 0 Å². The number of thiocarbonyl (C=S) groups is 1. The lowest BCUT2D eigenvalue weighted by Gasteiger charge is -2.13. The van der Waals surface area contributed by atoms with Crippen LogP contribution in [0.2, 0.25) is 0 Å². The summed E-state index contributed by atoms with van der Waals surface area (Å²) < 4.78 is 5.75. The van der Waals surface area contributed by atoms with Crippen molar-refractivity contribution >= 4 is 34.9 Å². The largest absolute Gasteiger partial charge is 0.455 e. The van der Waals surface area contributed by atoms with Gasteiger partial charge in [0.15, 0.2) is 10.9 Å². The number of hydrazone groups is 1. The molecule has 8 nitrogen and oxygen atoms in total. The van der Waals surface area contributed by atoms with E-state index in [4.69, 9.17) is 22.4 Å². The number of rotatable bonds is 3. The Hall–Kier alpha value is -3.20. The lowest BCUT2D eigenvalue weighted by atomic mass is 9.93. The number of nitrogens with two attached hydrogens (primary N) is 1. The lowest BCUT2D eigenvalue weighted by molar-refractivity contribution is 0.0829. The molecule has 1 heterocycles. The molecular formula is C19H21N5O3S. The second-order valence-corrected chi connectivity index (χ2v) is 6.96. The number of aryl methyl sites for hydroxylation is 2. The van der Waals surface area contributed by atoms with Crippen LogP contribution in [0.4, 0.5) is 0 Å². The van der Waals surface area contributed by atoms with Crippen molar-refractivity contribution < 1.29 is 14.0 Å². The van der Waals surface area contributed by atoms with E-state index in [0.29, 0.717) is 29.7 Å². The zero-order chi connectivity index (χ0) is 20.3. The molecule has 0 fully saturated rings. The normalized spacial score (nSPS) is 14.3. The topological polar surface area (TPSA) is 122 Å². The zero-order valence-corrected chi connectivity index (χ0v) is 16.4. The Morgan fingerprint density at radius 3 is 2.46 bits per heavy atom. The van der Waals surface area contributed by atoms with Crippen molar-refractivity contribution in [3.8, 4) is 0 Å². The molecule has 0 saturated heterocycles. The van der Waals surface area contributed by atoms with Gasteiger partial charge in [0, 0.05) is 23.1 Å². The number of furan rings is 1. The van der Waals surface area contributed by atoms with Gasteiger partial charge in [-0.25, -0.2) is 0 Å². The number of nitrogens with zero attached hydrogens (tertiary/aromatic N) is 1. The van der Waals surface area contributed by atoms with Crippen LogP contribution in [0.25, 0.3) is 0 Å². The Balaban J connectivity index is 1.74. The van der Waals surface area contributed by atoms with Crippen LogP contribution >= 0.6 is 12.2 Å². The van der Waals surface area contributed by atoms with Crippen molar-refractivity contribution in [2.24, 2.45) is 10.8 Å². The highest BCUT2D eigenvalue weighted by Gasteiger charge is 2.28. The number of hydrogen-bond donors (Lipinski definition) is 4. The van der Waals surface area contributed by atoms with E-state index in [9.17, 15) is 9.59 Å². The van der Waals surface area contributed by atoms with Crippen LogP contribution in [0.5, 0.6) is 0 Å². The molecule has 5 N–H and O–H groups in total. The summed E-state index contributed by atoms with van der Waals surface area (Å²) in [6, 6.07) is 7.02. The predicted octanol–water partition coefficient (Wildman–Crippen LogP) is 1.84. The Labute approximate surface area is 167 Å². The van der Waals surface area contributed by atoms with Crippen molar-refractivity contribution in [2.75, 3.05) is 0 Å². The Morgan fingerprint density at radius 1 is 1.11 bits per heavy atom. The monoisotopic (exact) mass is 399 g/mol. The van der Waals surface area contributed by atoms with Crippen molar-refractivity contribution in [1.82, 2.24) is 16.3 Å². The molecule has 0 aliphatic heterocycles. The zero-order valence-electron chi connectivity index (χ0n) is 15.6. The van der Waals surface area contributed by atoms with Gasteiger partial charge in [0.1, 0.15) is 5.76 Å². The van der Waals surface area contributed by atoms with Crippen LogP contribution in [0.3, 0.4) is 0 Å². The van der Waals surface area contributed by atoms with Crippen molar-refractivity contribution in [3.63, 3.8) is 0 Å². The summed E-state index contributed by atoms with van der Waals surface area (Å²) in [5.74, 6) is -0.124. The third-order valence-corrected chi connectivity index (χ3v) is 4.53. The maximum absolute atomic E-state index is 12.5. The molecule has 0 saturated carbocycles. The van der Waals surface area contributed by atoms with E-state index in [0.717, 1.165) is 23.3 Å². The van der Waals surface area contributed by atoms with Crippen molar-refractivity contribution in [3.05, 3.63) is 58.0 Å². The van der Waals surface area contributed by atoms with Crippen LogP contribution in [-0.2, 0) is 6.42 Å². The first-order valence-electron chi connectivity index (χ1n) is 8.78. The van der Waals surface area contributed by atoms with Gasteiger partial charge in [0.2, 0.25) is 0 Å². The van der Waals surface area contributed by atoms with Crippen molar-refractivity contribution in [1.29, 1.82) is 0 Å². The van der Waals surface area contributed by atoms with E-state index in [1.54, 1.807) is 19.1 Å². The number of benzene rings is 1. The van der Waals surface area contributed by atoms with Crippen LogP contribution in [0.15, 0.2) is 33.8 Å². The molecule has 9 heteroatoms. The fourth-order valence-corrected chi connectivity index (χ4v) is 3.11. The van der Waals surface area contributed by atoms with E-state index in [1.165, 1.54) is 0 Å². The second kappa shape index (κ2) is 8.22. The number of nitrogens with one attached hydrogen (secondary N) is 3. The summed E-state index contributed by atoms with van der Waals surface area (Å²) in [6.07, 6.45) is 2.25. The predicted molar refractivity (Wildman–Crippen MR) is 109 cm³/mol. The van der Waals surface area contributed by atoms with E-state index in [2.05, 4.69) is 21.4 Å². The van der Waals surface area contributed by atoms with Gasteiger partial charge in [0.05, 0.1) is 5.71 Å². The molecule has 28 heavy (non-hydrogen) atoms. The molecule has 1 aromatic carbocycles. The average molecular weight is 399 g/mol. The Kier molecular flexibility index (Phi) is 5.74. The fraction of sp³-hybridized carbons (Fsp3) is 0.263. The molecule has 3 rings (SSSR count). The van der Waals surface area contributed by atoms with E-state index < -0.39 is 11.8 Å². The highest BCUT2D eigenvalue weighted by Crippen LogP contribution is 2.29. The third-order valence-electron chi connectivity index (χ3n) is 4.44. The molecule has 1 aliphatic carbocycles. The average Bonchev–Trinajstić information content (AvgIpc) is 3.02. The number of hydrazine groups is 1. The minimum Gasteiger partial charge on any atom is -0.455 e. The number of amides is 2. The summed E-state index contributed by atoms with van der Waals surface area (Å²) >= 11 is 4.78. The van der Waals surface area contributed by atoms with Gasteiger partial charge in [-0.05, 0) is 51.0 Å². The number of carbonyl (C=O) groups excluding carboxylic acids is 2. The van der Waals surface area contributed by atoms with Crippen molar-refractivity contribution in [2.45, 2.75) is 33.1 Å². The molecule has 0 bridgehead atoms. The second-order valence-electron chi connectivity index (χ2n) is 6.52. The molecule has 0 unspecified atom stereocenters. The van der Waals surface area contributed by atoms with Gasteiger partial charge in [-0.2, -0.15) is 5.10 Å². The highest BCUT2D eigenvalue weighted by atomic mass is 32.1. The van der Waals surface area contributed by atoms with Crippen LogP contribution in [0.1, 0.15) is 56.2 Å². The van der Waals surface area contributed by atoms with Gasteiger partial charge >= 0.3 is 5.91 Å². The first kappa shape index (κ1) is 19.6. The molecule has 2 aromatic rings. The molecule has 1 aromatic heterocycles. The standard InChI is InChI=1S/C19H21N5O3S/c1-10-6-8-12(9-7-10)17(25)22-23-18(26)16-11(2)15-13(21-24-19(20)28)4-3-5-14(15)27-16/h6-9H,3-5H2,1-2H3,(H,22,25)(H,23,26)(H3,20,24,28)/b21-13+. The fourth-order valence-electron chi connectivity index (χ4n) is 3.07. The Morgan fingerprint density at radius 2 is 1.79 bits per heavy atom. The lowest BCUT2D eigenvalue weighted by Crippen LogP contribution is -2.41. The van der Waals surface area contributed by atoms with Gasteiger partial charge in [0.25, 0.3) is 5.91 Å². The Bertz CT molecular complexity index is 963. The summed E-state index contributed by atoms with van der Waals surface area (Å²) in [4.78, 5) is 24.7. The third kappa shape index (κ3) is 4.20. The molecule has 2 amide bonds. The summed E-state index contributed by atoms with van der Waals surface area (Å²) in [5, 5.41) is 4.28. The minimum absolute atomic E-state index is 0.0672. The van der Waals surface area contributed by atoms with Gasteiger partial charge in [-0.1, -0.05) is 17.7 Å². The quantitative estimate of drug-likeness (QED) is 0.462.